The zero-order valence-electron chi connectivity index (χ0n) is 16.5. The normalized spacial score (nSPS) is 11.4. The van der Waals surface area contributed by atoms with Crippen LogP contribution >= 0.6 is 24.0 Å². The molecule has 29 heavy (non-hydrogen) atoms. The molecule has 0 amide bonds. The molecule has 0 saturated carbocycles. The van der Waals surface area contributed by atoms with Crippen molar-refractivity contribution in [3.63, 3.8) is 0 Å². The summed E-state index contributed by atoms with van der Waals surface area (Å²) >= 11 is 0. The first kappa shape index (κ1) is 24.9. The lowest BCUT2D eigenvalue weighted by Crippen LogP contribution is -2.36. The Morgan fingerprint density at radius 2 is 1.69 bits per heavy atom. The van der Waals surface area contributed by atoms with Gasteiger partial charge in [0.1, 0.15) is 0 Å². The fourth-order valence-corrected chi connectivity index (χ4v) is 2.58. The fraction of sp³-hybridized carbons (Fsp3) is 0.350. The molecule has 0 aromatic heterocycles. The Morgan fingerprint density at radius 3 is 2.24 bits per heavy atom. The monoisotopic (exact) mass is 523 g/mol. The number of guanidine groups is 1. The van der Waals surface area contributed by atoms with Gasteiger partial charge in [0.05, 0.1) is 26.3 Å². The lowest BCUT2D eigenvalue weighted by molar-refractivity contribution is -0.137. The molecular weight excluding hydrogens is 498 g/mol. The molecule has 0 spiro atoms. The van der Waals surface area contributed by atoms with Gasteiger partial charge in [0.15, 0.2) is 17.5 Å². The molecule has 0 aliphatic heterocycles. The third-order valence-electron chi connectivity index (χ3n) is 3.98. The largest absolute Gasteiger partial charge is 0.493 e. The zero-order chi connectivity index (χ0) is 20.6. The number of para-hydroxylation sites is 1. The summed E-state index contributed by atoms with van der Waals surface area (Å²) in [5, 5.41) is 6.30. The van der Waals surface area contributed by atoms with Gasteiger partial charge in [0.25, 0.3) is 0 Å². The summed E-state index contributed by atoms with van der Waals surface area (Å²) < 4.78 is 48.6. The van der Waals surface area contributed by atoms with E-state index in [4.69, 9.17) is 9.47 Å². The first-order chi connectivity index (χ1) is 13.4. The molecule has 9 heteroatoms. The predicted octanol–water partition coefficient (Wildman–Crippen LogP) is 4.60. The first-order valence-electron chi connectivity index (χ1n) is 8.77. The van der Waals surface area contributed by atoms with E-state index in [1.807, 2.05) is 25.1 Å². The highest BCUT2D eigenvalue weighted by molar-refractivity contribution is 14.0. The highest BCUT2D eigenvalue weighted by Gasteiger charge is 2.29. The Hall–Kier alpha value is -2.17. The molecule has 0 radical (unpaired) electrons. The van der Waals surface area contributed by atoms with Crippen molar-refractivity contribution >= 4 is 29.9 Å². The summed E-state index contributed by atoms with van der Waals surface area (Å²) in [6.45, 7) is 3.28. The molecule has 160 valence electrons. The SMILES string of the molecule is CCNC(=NCc1ccc(C(F)(F)F)cc1)NCc1cccc(OC)c1OC.I. The van der Waals surface area contributed by atoms with Gasteiger partial charge in [-0.15, -0.1) is 24.0 Å². The summed E-state index contributed by atoms with van der Waals surface area (Å²) in [7, 11) is 3.15. The van der Waals surface area contributed by atoms with Gasteiger partial charge in [0.2, 0.25) is 0 Å². The second-order valence-corrected chi connectivity index (χ2v) is 5.90. The van der Waals surface area contributed by atoms with Crippen molar-refractivity contribution in [3.05, 3.63) is 59.2 Å². The van der Waals surface area contributed by atoms with Crippen molar-refractivity contribution in [2.75, 3.05) is 20.8 Å². The number of hydrogen-bond acceptors (Lipinski definition) is 3. The van der Waals surface area contributed by atoms with Crippen LogP contribution in [0.25, 0.3) is 0 Å². The summed E-state index contributed by atoms with van der Waals surface area (Å²) in [6, 6.07) is 10.6. The van der Waals surface area contributed by atoms with Crippen LogP contribution in [0.1, 0.15) is 23.6 Å². The van der Waals surface area contributed by atoms with Crippen molar-refractivity contribution in [2.24, 2.45) is 4.99 Å². The Labute approximate surface area is 185 Å². The second kappa shape index (κ2) is 11.7. The topological polar surface area (TPSA) is 54.9 Å². The Bertz CT molecular complexity index is 797. The molecule has 0 bridgehead atoms. The average molecular weight is 523 g/mol. The number of hydrogen-bond donors (Lipinski definition) is 2. The van der Waals surface area contributed by atoms with Gasteiger partial charge < -0.3 is 20.1 Å². The van der Waals surface area contributed by atoms with E-state index in [9.17, 15) is 13.2 Å². The molecule has 0 atom stereocenters. The van der Waals surface area contributed by atoms with Crippen LogP contribution < -0.4 is 20.1 Å². The van der Waals surface area contributed by atoms with Gasteiger partial charge in [0, 0.05) is 18.7 Å². The Balaban J connectivity index is 0.00000420. The van der Waals surface area contributed by atoms with Gasteiger partial charge in [-0.2, -0.15) is 13.2 Å². The Morgan fingerprint density at radius 1 is 1.00 bits per heavy atom. The van der Waals surface area contributed by atoms with Crippen LogP contribution in [0.3, 0.4) is 0 Å². The van der Waals surface area contributed by atoms with Crippen molar-refractivity contribution in [1.82, 2.24) is 10.6 Å². The third-order valence-corrected chi connectivity index (χ3v) is 3.98. The standard InChI is InChI=1S/C20H24F3N3O2.HI/c1-4-24-19(25-12-14-8-10-16(11-9-14)20(21,22)23)26-13-15-6-5-7-17(27-2)18(15)28-3;/h5-11H,4,12-13H2,1-3H3,(H2,24,25,26);1H. The lowest BCUT2D eigenvalue weighted by Gasteiger charge is -2.15. The maximum atomic E-state index is 12.6. The van der Waals surface area contributed by atoms with E-state index in [-0.39, 0.29) is 30.5 Å². The molecule has 0 saturated heterocycles. The van der Waals surface area contributed by atoms with E-state index in [2.05, 4.69) is 15.6 Å². The number of rotatable bonds is 7. The molecule has 0 heterocycles. The molecular formula is C20H25F3IN3O2. The molecule has 5 nitrogen and oxygen atoms in total. The van der Waals surface area contributed by atoms with Gasteiger partial charge in [-0.3, -0.25) is 0 Å². The zero-order valence-corrected chi connectivity index (χ0v) is 18.8. The van der Waals surface area contributed by atoms with E-state index in [1.54, 1.807) is 14.2 Å². The van der Waals surface area contributed by atoms with Crippen molar-refractivity contribution in [2.45, 2.75) is 26.2 Å². The Kier molecular flexibility index (Phi) is 10.1. The predicted molar refractivity (Wildman–Crippen MR) is 118 cm³/mol. The summed E-state index contributed by atoms with van der Waals surface area (Å²) in [5.41, 5.74) is 0.904. The van der Waals surface area contributed by atoms with Crippen LogP contribution in [0.4, 0.5) is 13.2 Å². The van der Waals surface area contributed by atoms with E-state index in [1.165, 1.54) is 12.1 Å². The molecule has 2 aromatic carbocycles. The number of aliphatic imine (C=N–C) groups is 1. The summed E-state index contributed by atoms with van der Waals surface area (Å²) in [5.74, 6) is 1.82. The minimum absolute atomic E-state index is 0. The smallest absolute Gasteiger partial charge is 0.416 e. The van der Waals surface area contributed by atoms with E-state index in [0.29, 0.717) is 36.1 Å². The van der Waals surface area contributed by atoms with E-state index >= 15 is 0 Å². The number of ether oxygens (including phenoxy) is 2. The van der Waals surface area contributed by atoms with Crippen molar-refractivity contribution in [1.29, 1.82) is 0 Å². The molecule has 2 N–H and O–H groups in total. The van der Waals surface area contributed by atoms with Crippen LogP contribution in [0, 0.1) is 0 Å². The highest BCUT2D eigenvalue weighted by Crippen LogP contribution is 2.30. The average Bonchev–Trinajstić information content (AvgIpc) is 2.69. The second-order valence-electron chi connectivity index (χ2n) is 5.90. The van der Waals surface area contributed by atoms with Crippen LogP contribution in [-0.4, -0.2) is 26.7 Å². The summed E-state index contributed by atoms with van der Waals surface area (Å²) in [6.07, 6.45) is -4.34. The van der Waals surface area contributed by atoms with Crippen LogP contribution in [0.15, 0.2) is 47.5 Å². The van der Waals surface area contributed by atoms with Gasteiger partial charge in [-0.1, -0.05) is 24.3 Å². The summed E-state index contributed by atoms with van der Waals surface area (Å²) in [4.78, 5) is 4.43. The van der Waals surface area contributed by atoms with Crippen LogP contribution in [0.2, 0.25) is 0 Å². The van der Waals surface area contributed by atoms with Gasteiger partial charge in [-0.05, 0) is 30.7 Å². The van der Waals surface area contributed by atoms with Crippen molar-refractivity contribution < 1.29 is 22.6 Å². The number of benzene rings is 2. The molecule has 0 unspecified atom stereocenters. The van der Waals surface area contributed by atoms with Gasteiger partial charge in [-0.25, -0.2) is 4.99 Å². The molecule has 2 aromatic rings. The molecule has 2 rings (SSSR count). The number of methoxy groups -OCH3 is 2. The number of alkyl halides is 3. The number of halogens is 4. The first-order valence-corrected chi connectivity index (χ1v) is 8.77. The van der Waals surface area contributed by atoms with E-state index < -0.39 is 11.7 Å². The molecule has 0 fully saturated rings. The minimum Gasteiger partial charge on any atom is -0.493 e. The third kappa shape index (κ3) is 7.30. The maximum absolute atomic E-state index is 12.6. The number of nitrogens with one attached hydrogen (secondary N) is 2. The van der Waals surface area contributed by atoms with Crippen molar-refractivity contribution in [3.8, 4) is 11.5 Å². The fourth-order valence-electron chi connectivity index (χ4n) is 2.58. The lowest BCUT2D eigenvalue weighted by atomic mass is 10.1. The molecule has 0 aliphatic carbocycles. The number of nitrogens with zero attached hydrogens (tertiary/aromatic N) is 1. The minimum atomic E-state index is -4.34. The van der Waals surface area contributed by atoms with Crippen LogP contribution in [0.5, 0.6) is 11.5 Å². The maximum Gasteiger partial charge on any atom is 0.416 e. The van der Waals surface area contributed by atoms with Gasteiger partial charge >= 0.3 is 6.18 Å². The van der Waals surface area contributed by atoms with E-state index in [0.717, 1.165) is 17.7 Å². The quantitative estimate of drug-likeness (QED) is 0.317. The van der Waals surface area contributed by atoms with Crippen LogP contribution in [-0.2, 0) is 19.3 Å². The highest BCUT2D eigenvalue weighted by atomic mass is 127. The molecule has 0 aliphatic rings.